The van der Waals surface area contributed by atoms with E-state index in [4.69, 9.17) is 4.74 Å². The highest BCUT2D eigenvalue weighted by Gasteiger charge is 2.17. The predicted molar refractivity (Wildman–Crippen MR) is 106 cm³/mol. The molecule has 0 spiro atoms. The number of piperazine rings is 1. The molecule has 0 saturated carbocycles. The van der Waals surface area contributed by atoms with Crippen LogP contribution in [0.4, 0.5) is 5.82 Å². The minimum atomic E-state index is 0.187. The number of nitrogens with zero attached hydrogens (tertiary/aromatic N) is 4. The highest BCUT2D eigenvalue weighted by molar-refractivity contribution is 5.35. The van der Waals surface area contributed by atoms with Gasteiger partial charge < -0.3 is 9.64 Å². The summed E-state index contributed by atoms with van der Waals surface area (Å²) >= 11 is 0. The van der Waals surface area contributed by atoms with E-state index in [0.29, 0.717) is 0 Å². The lowest BCUT2D eigenvalue weighted by Crippen LogP contribution is -2.47. The summed E-state index contributed by atoms with van der Waals surface area (Å²) in [6.07, 6.45) is 6.37. The number of benzene rings is 1. The lowest BCUT2D eigenvalue weighted by atomic mass is 9.87. The van der Waals surface area contributed by atoms with Crippen LogP contribution in [0, 0.1) is 0 Å². The fourth-order valence-electron chi connectivity index (χ4n) is 3.18. The molecule has 3 rings (SSSR count). The van der Waals surface area contributed by atoms with Gasteiger partial charge in [-0.05, 0) is 29.5 Å². The minimum absolute atomic E-state index is 0.187. The maximum absolute atomic E-state index is 5.90. The molecule has 5 heteroatoms. The Bertz CT molecular complexity index is 659. The van der Waals surface area contributed by atoms with Crippen molar-refractivity contribution in [3.8, 4) is 5.75 Å². The van der Waals surface area contributed by atoms with Crippen LogP contribution in [0.1, 0.15) is 32.8 Å². The zero-order valence-corrected chi connectivity index (χ0v) is 16.2. The zero-order valence-electron chi connectivity index (χ0n) is 16.2. The number of hydrogen-bond acceptors (Lipinski definition) is 5. The Labute approximate surface area is 157 Å². The molecule has 1 fully saturated rings. The smallest absolute Gasteiger partial charge is 0.147 e. The molecule has 0 atom stereocenters. The van der Waals surface area contributed by atoms with Crippen LogP contribution in [0.5, 0.6) is 5.75 Å². The van der Waals surface area contributed by atoms with Crippen molar-refractivity contribution in [1.82, 2.24) is 14.9 Å². The SMILES string of the molecule is CC(C)(C)c1ccc(OCCCN2CCN(c3cnccn3)CC2)cc1. The topological polar surface area (TPSA) is 41.5 Å². The Morgan fingerprint density at radius 2 is 1.73 bits per heavy atom. The molecule has 140 valence electrons. The first-order valence-corrected chi connectivity index (χ1v) is 9.49. The standard InChI is InChI=1S/C21H30N4O/c1-21(2,3)18-5-7-19(8-6-18)26-16-4-11-24-12-14-25(15-13-24)20-17-22-9-10-23-20/h5-10,17H,4,11-16H2,1-3H3. The van der Waals surface area contributed by atoms with E-state index in [1.807, 2.05) is 6.20 Å². The minimum Gasteiger partial charge on any atom is -0.494 e. The molecular weight excluding hydrogens is 324 g/mol. The van der Waals surface area contributed by atoms with Crippen molar-refractivity contribution in [1.29, 1.82) is 0 Å². The summed E-state index contributed by atoms with van der Waals surface area (Å²) in [5.74, 6) is 1.94. The molecule has 2 aromatic rings. The molecule has 5 nitrogen and oxygen atoms in total. The number of anilines is 1. The Morgan fingerprint density at radius 1 is 1.00 bits per heavy atom. The summed E-state index contributed by atoms with van der Waals surface area (Å²) < 4.78 is 5.90. The van der Waals surface area contributed by atoms with Gasteiger partial charge in [0.2, 0.25) is 0 Å². The van der Waals surface area contributed by atoms with Crippen molar-refractivity contribution in [2.24, 2.45) is 0 Å². The molecule has 0 N–H and O–H groups in total. The van der Waals surface area contributed by atoms with Crippen LogP contribution >= 0.6 is 0 Å². The van der Waals surface area contributed by atoms with Gasteiger partial charge in [-0.15, -0.1) is 0 Å². The highest BCUT2D eigenvalue weighted by atomic mass is 16.5. The molecule has 0 unspecified atom stereocenters. The van der Waals surface area contributed by atoms with Gasteiger partial charge in [0, 0.05) is 45.1 Å². The number of hydrogen-bond donors (Lipinski definition) is 0. The van der Waals surface area contributed by atoms with Crippen LogP contribution in [0.3, 0.4) is 0 Å². The normalized spacial score (nSPS) is 15.9. The Morgan fingerprint density at radius 3 is 2.35 bits per heavy atom. The molecule has 0 aliphatic carbocycles. The lowest BCUT2D eigenvalue weighted by molar-refractivity contribution is 0.224. The summed E-state index contributed by atoms with van der Waals surface area (Å²) in [7, 11) is 0. The maximum Gasteiger partial charge on any atom is 0.147 e. The van der Waals surface area contributed by atoms with E-state index in [9.17, 15) is 0 Å². The van der Waals surface area contributed by atoms with E-state index in [-0.39, 0.29) is 5.41 Å². The Hall–Kier alpha value is -2.14. The van der Waals surface area contributed by atoms with Gasteiger partial charge >= 0.3 is 0 Å². The van der Waals surface area contributed by atoms with Crippen LogP contribution in [0.15, 0.2) is 42.9 Å². The Kier molecular flexibility index (Phi) is 6.09. The van der Waals surface area contributed by atoms with Crippen LogP contribution < -0.4 is 9.64 Å². The third kappa shape index (κ3) is 5.18. The van der Waals surface area contributed by atoms with Gasteiger partial charge in [0.1, 0.15) is 11.6 Å². The number of ether oxygens (including phenoxy) is 1. The molecule has 0 bridgehead atoms. The number of rotatable bonds is 6. The van der Waals surface area contributed by atoms with E-state index in [1.165, 1.54) is 5.56 Å². The molecule has 1 aliphatic heterocycles. The van der Waals surface area contributed by atoms with Crippen molar-refractivity contribution in [3.63, 3.8) is 0 Å². The second-order valence-electron chi connectivity index (χ2n) is 7.87. The molecule has 0 amide bonds. The first-order valence-electron chi connectivity index (χ1n) is 9.49. The first kappa shape index (κ1) is 18.6. The second kappa shape index (κ2) is 8.49. The van der Waals surface area contributed by atoms with Crippen LogP contribution in [0.2, 0.25) is 0 Å². The molecule has 26 heavy (non-hydrogen) atoms. The van der Waals surface area contributed by atoms with Gasteiger partial charge in [0.15, 0.2) is 0 Å². The van der Waals surface area contributed by atoms with E-state index >= 15 is 0 Å². The Balaban J connectivity index is 1.35. The van der Waals surface area contributed by atoms with Crippen LogP contribution in [-0.2, 0) is 5.41 Å². The zero-order chi connectivity index (χ0) is 18.4. The monoisotopic (exact) mass is 354 g/mol. The number of aromatic nitrogens is 2. The van der Waals surface area contributed by atoms with Crippen molar-refractivity contribution < 1.29 is 4.74 Å². The van der Waals surface area contributed by atoms with Crippen LogP contribution in [-0.4, -0.2) is 54.2 Å². The van der Waals surface area contributed by atoms with E-state index in [2.05, 4.69) is 64.8 Å². The lowest BCUT2D eigenvalue weighted by Gasteiger charge is -2.35. The molecule has 1 saturated heterocycles. The van der Waals surface area contributed by atoms with Gasteiger partial charge in [-0.1, -0.05) is 32.9 Å². The van der Waals surface area contributed by atoms with E-state index in [1.54, 1.807) is 12.4 Å². The van der Waals surface area contributed by atoms with Gasteiger partial charge in [0.05, 0.1) is 12.8 Å². The third-order valence-electron chi connectivity index (χ3n) is 4.85. The summed E-state index contributed by atoms with van der Waals surface area (Å²) in [4.78, 5) is 13.3. The molecule has 0 radical (unpaired) electrons. The predicted octanol–water partition coefficient (Wildman–Crippen LogP) is 3.37. The maximum atomic E-state index is 5.90. The van der Waals surface area contributed by atoms with Crippen LogP contribution in [0.25, 0.3) is 0 Å². The summed E-state index contributed by atoms with van der Waals surface area (Å²) in [5.41, 5.74) is 1.53. The fraction of sp³-hybridized carbons (Fsp3) is 0.524. The molecule has 2 heterocycles. The van der Waals surface area contributed by atoms with Gasteiger partial charge in [-0.25, -0.2) is 4.98 Å². The van der Waals surface area contributed by atoms with Crippen molar-refractivity contribution in [2.45, 2.75) is 32.6 Å². The third-order valence-corrected chi connectivity index (χ3v) is 4.85. The molecular formula is C21H30N4O. The summed E-state index contributed by atoms with van der Waals surface area (Å²) in [5, 5.41) is 0. The van der Waals surface area contributed by atoms with Crippen molar-refractivity contribution in [2.75, 3.05) is 44.2 Å². The second-order valence-corrected chi connectivity index (χ2v) is 7.87. The van der Waals surface area contributed by atoms with E-state index in [0.717, 1.165) is 57.3 Å². The van der Waals surface area contributed by atoms with E-state index < -0.39 is 0 Å². The molecule has 1 aromatic heterocycles. The summed E-state index contributed by atoms with van der Waals surface area (Å²) in [6.45, 7) is 12.7. The van der Waals surface area contributed by atoms with Crippen molar-refractivity contribution in [3.05, 3.63) is 48.4 Å². The molecule has 1 aliphatic rings. The average molecular weight is 354 g/mol. The van der Waals surface area contributed by atoms with Gasteiger partial charge in [-0.3, -0.25) is 9.88 Å². The largest absolute Gasteiger partial charge is 0.494 e. The first-order chi connectivity index (χ1) is 12.5. The van der Waals surface area contributed by atoms with Crippen molar-refractivity contribution >= 4 is 5.82 Å². The summed E-state index contributed by atoms with van der Waals surface area (Å²) in [6, 6.07) is 8.50. The van der Waals surface area contributed by atoms with Gasteiger partial charge in [-0.2, -0.15) is 0 Å². The fourth-order valence-corrected chi connectivity index (χ4v) is 3.18. The molecule has 1 aromatic carbocycles. The van der Waals surface area contributed by atoms with Gasteiger partial charge in [0.25, 0.3) is 0 Å². The average Bonchev–Trinajstić information content (AvgIpc) is 2.66. The highest BCUT2D eigenvalue weighted by Crippen LogP contribution is 2.24. The quantitative estimate of drug-likeness (QED) is 0.744.